The number of benzene rings is 1. The Labute approximate surface area is 183 Å². The van der Waals surface area contributed by atoms with Gasteiger partial charge in [-0.15, -0.1) is 0 Å². The highest BCUT2D eigenvalue weighted by Crippen LogP contribution is 2.50. The number of ether oxygens (including phenoxy) is 4. The maximum atomic E-state index is 13.3. The molecule has 0 saturated heterocycles. The van der Waals surface area contributed by atoms with Crippen LogP contribution in [0.15, 0.2) is 35.2 Å². The van der Waals surface area contributed by atoms with Gasteiger partial charge in [0.1, 0.15) is 5.78 Å². The van der Waals surface area contributed by atoms with Crippen LogP contribution in [0.4, 0.5) is 0 Å². The molecule has 2 aliphatic rings. The average molecular weight is 430 g/mol. The predicted octanol–water partition coefficient (Wildman–Crippen LogP) is 3.74. The number of hydrogen-bond donors (Lipinski definition) is 1. The number of carbonyl (C=O) groups is 2. The predicted molar refractivity (Wildman–Crippen MR) is 116 cm³/mol. The summed E-state index contributed by atoms with van der Waals surface area (Å²) < 4.78 is 21.9. The number of esters is 1. The largest absolute Gasteiger partial charge is 0.493 e. The summed E-state index contributed by atoms with van der Waals surface area (Å²) in [5.41, 5.74) is 2.38. The molecular formula is C24H31NO6. The Morgan fingerprint density at radius 1 is 1.10 bits per heavy atom. The summed E-state index contributed by atoms with van der Waals surface area (Å²) in [4.78, 5) is 26.3. The van der Waals surface area contributed by atoms with Crippen LogP contribution < -0.4 is 19.5 Å². The van der Waals surface area contributed by atoms with Crippen molar-refractivity contribution in [1.82, 2.24) is 5.32 Å². The SMILES string of the molecule is CCOC(=O)C1=C(C)NC2=CC(C)(C)CC(=O)C2C1c1cc(OC)c(OC)c(OC)c1. The van der Waals surface area contributed by atoms with Crippen molar-refractivity contribution >= 4 is 11.8 Å². The number of ketones is 1. The van der Waals surface area contributed by atoms with Crippen molar-refractivity contribution in [1.29, 1.82) is 0 Å². The van der Waals surface area contributed by atoms with Gasteiger partial charge in [0.25, 0.3) is 0 Å². The molecule has 1 heterocycles. The van der Waals surface area contributed by atoms with Crippen LogP contribution in [0.1, 0.15) is 45.6 Å². The molecule has 0 spiro atoms. The van der Waals surface area contributed by atoms with Gasteiger partial charge < -0.3 is 24.3 Å². The van der Waals surface area contributed by atoms with Gasteiger partial charge in [-0.05, 0) is 37.0 Å². The third kappa shape index (κ3) is 4.13. The molecule has 2 atom stereocenters. The molecule has 1 aliphatic carbocycles. The molecule has 1 N–H and O–H groups in total. The van der Waals surface area contributed by atoms with Gasteiger partial charge in [-0.3, -0.25) is 4.79 Å². The molecule has 0 bridgehead atoms. The van der Waals surface area contributed by atoms with Gasteiger partial charge in [0.2, 0.25) is 5.75 Å². The monoisotopic (exact) mass is 429 g/mol. The fourth-order valence-electron chi connectivity index (χ4n) is 4.59. The Kier molecular flexibility index (Phi) is 6.34. The van der Waals surface area contributed by atoms with E-state index in [9.17, 15) is 9.59 Å². The fourth-order valence-corrected chi connectivity index (χ4v) is 4.59. The molecule has 1 aromatic carbocycles. The second kappa shape index (κ2) is 8.65. The Balaban J connectivity index is 2.28. The smallest absolute Gasteiger partial charge is 0.336 e. The van der Waals surface area contributed by atoms with Gasteiger partial charge >= 0.3 is 5.97 Å². The van der Waals surface area contributed by atoms with E-state index in [0.29, 0.717) is 34.9 Å². The minimum absolute atomic E-state index is 0.0723. The van der Waals surface area contributed by atoms with Crippen LogP contribution in [0.25, 0.3) is 0 Å². The zero-order valence-corrected chi connectivity index (χ0v) is 19.3. The van der Waals surface area contributed by atoms with Crippen molar-refractivity contribution in [3.63, 3.8) is 0 Å². The second-order valence-corrected chi connectivity index (χ2v) is 8.53. The standard InChI is InChI=1S/C24H31NO6/c1-8-31-23(27)19-13(2)25-15-11-24(3,4)12-16(26)21(15)20(19)14-9-17(28-5)22(30-7)18(10-14)29-6/h9-11,20-21,25H,8,12H2,1-7H3. The Hall–Kier alpha value is -2.96. The molecule has 7 nitrogen and oxygen atoms in total. The van der Waals surface area contributed by atoms with Crippen LogP contribution in [0.5, 0.6) is 17.2 Å². The van der Waals surface area contributed by atoms with E-state index in [1.54, 1.807) is 19.1 Å². The molecule has 0 saturated carbocycles. The van der Waals surface area contributed by atoms with E-state index >= 15 is 0 Å². The first-order valence-corrected chi connectivity index (χ1v) is 10.4. The van der Waals surface area contributed by atoms with Crippen LogP contribution in [0, 0.1) is 11.3 Å². The highest BCUT2D eigenvalue weighted by atomic mass is 16.5. The summed E-state index contributed by atoms with van der Waals surface area (Å²) in [6, 6.07) is 3.60. The van der Waals surface area contributed by atoms with Gasteiger partial charge in [0.05, 0.1) is 39.4 Å². The fraction of sp³-hybridized carbons (Fsp3) is 0.500. The maximum Gasteiger partial charge on any atom is 0.336 e. The number of Topliss-reactive ketones (excluding diaryl/α,β-unsaturated/α-hetero) is 1. The van der Waals surface area contributed by atoms with Gasteiger partial charge in [-0.2, -0.15) is 0 Å². The maximum absolute atomic E-state index is 13.3. The van der Waals surface area contributed by atoms with Crippen molar-refractivity contribution in [3.05, 3.63) is 40.7 Å². The van der Waals surface area contributed by atoms with Crippen LogP contribution in [0.3, 0.4) is 0 Å². The van der Waals surface area contributed by atoms with Gasteiger partial charge in [-0.1, -0.05) is 19.9 Å². The normalized spacial score (nSPS) is 22.2. The molecule has 31 heavy (non-hydrogen) atoms. The first-order valence-electron chi connectivity index (χ1n) is 10.4. The summed E-state index contributed by atoms with van der Waals surface area (Å²) >= 11 is 0. The third-order valence-electron chi connectivity index (χ3n) is 5.78. The minimum atomic E-state index is -0.538. The van der Waals surface area contributed by atoms with E-state index in [2.05, 4.69) is 11.4 Å². The molecular weight excluding hydrogens is 398 g/mol. The molecule has 2 unspecified atom stereocenters. The lowest BCUT2D eigenvalue weighted by Gasteiger charge is -2.41. The van der Waals surface area contributed by atoms with Gasteiger partial charge in [-0.25, -0.2) is 4.79 Å². The first kappa shape index (κ1) is 22.7. The molecule has 0 amide bonds. The summed E-state index contributed by atoms with van der Waals surface area (Å²) in [6.45, 7) is 7.90. The molecule has 3 rings (SSSR count). The average Bonchev–Trinajstić information content (AvgIpc) is 2.70. The van der Waals surface area contributed by atoms with Crippen molar-refractivity contribution < 1.29 is 28.5 Å². The summed E-state index contributed by atoms with van der Waals surface area (Å²) in [5.74, 6) is -0.0579. The zero-order chi connectivity index (χ0) is 22.9. The molecule has 1 aliphatic heterocycles. The Morgan fingerprint density at radius 2 is 1.71 bits per heavy atom. The molecule has 7 heteroatoms. The van der Waals surface area contributed by atoms with Gasteiger partial charge in [0.15, 0.2) is 11.5 Å². The van der Waals surface area contributed by atoms with Crippen molar-refractivity contribution in [2.24, 2.45) is 11.3 Å². The van der Waals surface area contributed by atoms with E-state index in [0.717, 1.165) is 11.3 Å². The molecule has 0 aromatic heterocycles. The Bertz CT molecular complexity index is 934. The first-order chi connectivity index (χ1) is 14.7. The van der Waals surface area contributed by atoms with Crippen LogP contribution >= 0.6 is 0 Å². The highest BCUT2D eigenvalue weighted by molar-refractivity contribution is 5.96. The lowest BCUT2D eigenvalue weighted by atomic mass is 9.66. The lowest BCUT2D eigenvalue weighted by molar-refractivity contribution is -0.139. The number of nitrogens with one attached hydrogen (secondary N) is 1. The third-order valence-corrected chi connectivity index (χ3v) is 5.78. The van der Waals surface area contributed by atoms with Crippen molar-refractivity contribution in [3.8, 4) is 17.2 Å². The van der Waals surface area contributed by atoms with E-state index < -0.39 is 17.8 Å². The number of fused-ring (bicyclic) bond motifs is 1. The highest BCUT2D eigenvalue weighted by Gasteiger charge is 2.46. The Morgan fingerprint density at radius 3 is 2.23 bits per heavy atom. The number of allylic oxidation sites excluding steroid dienone is 3. The van der Waals surface area contributed by atoms with Gasteiger partial charge in [0, 0.05) is 23.7 Å². The molecule has 0 fully saturated rings. The number of hydrogen-bond acceptors (Lipinski definition) is 7. The lowest BCUT2D eigenvalue weighted by Crippen LogP contribution is -2.43. The number of carbonyl (C=O) groups excluding carboxylic acids is 2. The quantitative estimate of drug-likeness (QED) is 0.690. The van der Waals surface area contributed by atoms with E-state index in [1.807, 2.05) is 20.8 Å². The second-order valence-electron chi connectivity index (χ2n) is 8.53. The number of rotatable bonds is 6. The van der Waals surface area contributed by atoms with Crippen LogP contribution in [-0.4, -0.2) is 39.7 Å². The summed E-state index contributed by atoms with van der Waals surface area (Å²) in [6.07, 6.45) is 2.48. The van der Waals surface area contributed by atoms with Crippen molar-refractivity contribution in [2.45, 2.75) is 40.0 Å². The summed E-state index contributed by atoms with van der Waals surface area (Å²) in [7, 11) is 4.61. The number of methoxy groups -OCH3 is 3. The van der Waals surface area contributed by atoms with Crippen molar-refractivity contribution in [2.75, 3.05) is 27.9 Å². The van der Waals surface area contributed by atoms with Crippen LogP contribution in [0.2, 0.25) is 0 Å². The zero-order valence-electron chi connectivity index (χ0n) is 19.3. The molecule has 168 valence electrons. The molecule has 1 aromatic rings. The van der Waals surface area contributed by atoms with E-state index in [-0.39, 0.29) is 17.8 Å². The minimum Gasteiger partial charge on any atom is -0.493 e. The van der Waals surface area contributed by atoms with E-state index in [4.69, 9.17) is 18.9 Å². The van der Waals surface area contributed by atoms with Crippen LogP contribution in [-0.2, 0) is 14.3 Å². The van der Waals surface area contributed by atoms with E-state index in [1.165, 1.54) is 21.3 Å². The topological polar surface area (TPSA) is 83.1 Å². The molecule has 0 radical (unpaired) electrons. The summed E-state index contributed by atoms with van der Waals surface area (Å²) in [5, 5.41) is 3.31.